The highest BCUT2D eigenvalue weighted by Gasteiger charge is 2.22. The molecule has 0 amide bonds. The molecule has 2 aromatic carbocycles. The molecule has 0 aliphatic carbocycles. The molecule has 0 atom stereocenters. The van der Waals surface area contributed by atoms with Crippen molar-refractivity contribution in [2.45, 2.75) is 18.6 Å². The van der Waals surface area contributed by atoms with E-state index in [1.54, 1.807) is 35.8 Å². The van der Waals surface area contributed by atoms with Crippen LogP contribution in [0.5, 0.6) is 0 Å². The molecule has 0 N–H and O–H groups in total. The summed E-state index contributed by atoms with van der Waals surface area (Å²) in [6.07, 6.45) is 0. The van der Waals surface area contributed by atoms with Gasteiger partial charge < -0.3 is 4.57 Å². The predicted octanol–water partition coefficient (Wildman–Crippen LogP) is 4.19. The first-order chi connectivity index (χ1) is 10.9. The minimum absolute atomic E-state index is 0.00925. The molecule has 3 rings (SSSR count). The van der Waals surface area contributed by atoms with Crippen LogP contribution in [0.4, 0.5) is 0 Å². The van der Waals surface area contributed by atoms with Crippen molar-refractivity contribution in [3.8, 4) is 0 Å². The van der Waals surface area contributed by atoms with Crippen LogP contribution < -0.4 is 0 Å². The zero-order chi connectivity index (χ0) is 16.6. The first kappa shape index (κ1) is 16.3. The van der Waals surface area contributed by atoms with E-state index in [0.717, 1.165) is 11.1 Å². The Bertz CT molecular complexity index is 981. The molecule has 0 aliphatic heterocycles. The Balaban J connectivity index is 2.21. The minimum Gasteiger partial charge on any atom is -0.310 e. The number of benzene rings is 2. The average Bonchev–Trinajstić information content (AvgIpc) is 2.90. The van der Waals surface area contributed by atoms with E-state index in [1.165, 1.54) is 0 Å². The first-order valence-electron chi connectivity index (χ1n) is 7.04. The molecule has 0 saturated carbocycles. The van der Waals surface area contributed by atoms with Gasteiger partial charge in [0.05, 0.1) is 23.3 Å². The van der Waals surface area contributed by atoms with Gasteiger partial charge in [-0.3, -0.25) is 0 Å². The number of nitrogens with zero attached hydrogens (tertiary/aromatic N) is 2. The van der Waals surface area contributed by atoms with Gasteiger partial charge in [-0.1, -0.05) is 48.3 Å². The van der Waals surface area contributed by atoms with Crippen LogP contribution in [-0.2, 0) is 16.4 Å². The van der Waals surface area contributed by atoms with Gasteiger partial charge in [-0.15, -0.1) is 0 Å². The molecule has 3 aromatic rings. The fraction of sp³-hybridized carbons (Fsp3) is 0.188. The SMILES string of the molecule is CCS(=O)(=O)c1nc2ccccc2n1Cc1ccc(Cl)cc1Cl. The third-order valence-corrected chi connectivity index (χ3v) is 5.84. The number of rotatable bonds is 4. The average molecular weight is 369 g/mol. The normalized spacial score (nSPS) is 12.0. The Kier molecular flexibility index (Phi) is 4.36. The second-order valence-corrected chi connectivity index (χ2v) is 8.12. The summed E-state index contributed by atoms with van der Waals surface area (Å²) in [5.41, 5.74) is 2.18. The molecule has 120 valence electrons. The zero-order valence-corrected chi connectivity index (χ0v) is 14.7. The molecule has 0 saturated heterocycles. The fourth-order valence-electron chi connectivity index (χ4n) is 2.39. The minimum atomic E-state index is -3.45. The molecule has 0 radical (unpaired) electrons. The van der Waals surface area contributed by atoms with Crippen molar-refractivity contribution in [3.63, 3.8) is 0 Å². The van der Waals surface area contributed by atoms with Crippen molar-refractivity contribution in [1.29, 1.82) is 0 Å². The quantitative estimate of drug-likeness (QED) is 0.693. The Morgan fingerprint density at radius 2 is 1.87 bits per heavy atom. The van der Waals surface area contributed by atoms with Crippen molar-refractivity contribution >= 4 is 44.1 Å². The van der Waals surface area contributed by atoms with Crippen molar-refractivity contribution in [2.24, 2.45) is 0 Å². The molecule has 1 heterocycles. The van der Waals surface area contributed by atoms with Crippen molar-refractivity contribution in [3.05, 3.63) is 58.1 Å². The molecule has 1 aromatic heterocycles. The van der Waals surface area contributed by atoms with Crippen LogP contribution >= 0.6 is 23.2 Å². The number of sulfone groups is 1. The third kappa shape index (κ3) is 3.09. The van der Waals surface area contributed by atoms with Crippen LogP contribution in [0.15, 0.2) is 47.6 Å². The highest BCUT2D eigenvalue weighted by molar-refractivity contribution is 7.91. The van der Waals surface area contributed by atoms with Gasteiger partial charge in [0, 0.05) is 10.0 Å². The molecule has 0 bridgehead atoms. The highest BCUT2D eigenvalue weighted by atomic mass is 35.5. The van der Waals surface area contributed by atoms with E-state index in [9.17, 15) is 8.42 Å². The molecular weight excluding hydrogens is 355 g/mol. The van der Waals surface area contributed by atoms with E-state index in [0.29, 0.717) is 22.1 Å². The second kappa shape index (κ2) is 6.15. The maximum atomic E-state index is 12.4. The van der Waals surface area contributed by atoms with Gasteiger partial charge in [0.2, 0.25) is 15.0 Å². The Labute approximate surface area is 144 Å². The van der Waals surface area contributed by atoms with Gasteiger partial charge in [0.15, 0.2) is 0 Å². The lowest BCUT2D eigenvalue weighted by atomic mass is 10.2. The van der Waals surface area contributed by atoms with Crippen molar-refractivity contribution in [1.82, 2.24) is 9.55 Å². The number of imidazole rings is 1. The van der Waals surface area contributed by atoms with E-state index in [4.69, 9.17) is 23.2 Å². The Morgan fingerprint density at radius 3 is 2.57 bits per heavy atom. The summed E-state index contributed by atoms with van der Waals surface area (Å²) in [6.45, 7) is 1.92. The van der Waals surface area contributed by atoms with E-state index >= 15 is 0 Å². The van der Waals surface area contributed by atoms with Crippen LogP contribution in [0.3, 0.4) is 0 Å². The van der Waals surface area contributed by atoms with Crippen LogP contribution in [0, 0.1) is 0 Å². The number of halogens is 2. The summed E-state index contributed by atoms with van der Waals surface area (Å²) in [4.78, 5) is 4.30. The van der Waals surface area contributed by atoms with Gasteiger partial charge >= 0.3 is 0 Å². The number of fused-ring (bicyclic) bond motifs is 1. The smallest absolute Gasteiger partial charge is 0.229 e. The van der Waals surface area contributed by atoms with Gasteiger partial charge in [0.1, 0.15) is 0 Å². The first-order valence-corrected chi connectivity index (χ1v) is 9.45. The van der Waals surface area contributed by atoms with Gasteiger partial charge in [-0.25, -0.2) is 13.4 Å². The number of hydrogen-bond donors (Lipinski definition) is 0. The summed E-state index contributed by atoms with van der Waals surface area (Å²) in [7, 11) is -3.45. The summed E-state index contributed by atoms with van der Waals surface area (Å²) < 4.78 is 26.5. The molecule has 0 aliphatic rings. The maximum absolute atomic E-state index is 12.4. The van der Waals surface area contributed by atoms with Crippen molar-refractivity contribution in [2.75, 3.05) is 5.75 Å². The lowest BCUT2D eigenvalue weighted by Crippen LogP contribution is -2.13. The molecule has 7 heteroatoms. The largest absolute Gasteiger partial charge is 0.310 e. The van der Waals surface area contributed by atoms with Gasteiger partial charge in [-0.2, -0.15) is 0 Å². The van der Waals surface area contributed by atoms with Gasteiger partial charge in [0.25, 0.3) is 0 Å². The summed E-state index contributed by atoms with van der Waals surface area (Å²) in [6, 6.07) is 12.5. The number of hydrogen-bond acceptors (Lipinski definition) is 3. The molecule has 0 unspecified atom stereocenters. The van der Waals surface area contributed by atoms with Gasteiger partial charge in [-0.05, 0) is 29.8 Å². The Hall–Kier alpha value is -1.56. The highest BCUT2D eigenvalue weighted by Crippen LogP contribution is 2.26. The summed E-state index contributed by atoms with van der Waals surface area (Å²) in [5, 5.41) is 1.10. The summed E-state index contributed by atoms with van der Waals surface area (Å²) >= 11 is 12.2. The fourth-order valence-corrected chi connectivity index (χ4v) is 3.86. The maximum Gasteiger partial charge on any atom is 0.229 e. The predicted molar refractivity (Wildman–Crippen MR) is 93.0 cm³/mol. The monoisotopic (exact) mass is 368 g/mol. The molecule has 4 nitrogen and oxygen atoms in total. The molecular formula is C16H14Cl2N2O2S. The standard InChI is InChI=1S/C16H14Cl2N2O2S/c1-2-23(21,22)16-19-14-5-3-4-6-15(14)20(16)10-11-7-8-12(17)9-13(11)18/h3-9H,2,10H2,1H3. The van der Waals surface area contributed by atoms with Crippen LogP contribution in [0.2, 0.25) is 10.0 Å². The second-order valence-electron chi connectivity index (χ2n) is 5.11. The molecule has 23 heavy (non-hydrogen) atoms. The van der Waals surface area contributed by atoms with E-state index < -0.39 is 9.84 Å². The van der Waals surface area contributed by atoms with Crippen LogP contribution in [0.1, 0.15) is 12.5 Å². The topological polar surface area (TPSA) is 52.0 Å². The van der Waals surface area contributed by atoms with E-state index in [2.05, 4.69) is 4.98 Å². The Morgan fingerprint density at radius 1 is 1.13 bits per heavy atom. The zero-order valence-electron chi connectivity index (χ0n) is 12.3. The molecule has 0 fully saturated rings. The van der Waals surface area contributed by atoms with Crippen LogP contribution in [0.25, 0.3) is 11.0 Å². The third-order valence-electron chi connectivity index (χ3n) is 3.62. The number of para-hydroxylation sites is 2. The molecule has 0 spiro atoms. The lowest BCUT2D eigenvalue weighted by Gasteiger charge is -2.10. The van der Waals surface area contributed by atoms with E-state index in [1.807, 2.05) is 18.2 Å². The summed E-state index contributed by atoms with van der Waals surface area (Å²) in [5.74, 6) is -0.00925. The van der Waals surface area contributed by atoms with Crippen molar-refractivity contribution < 1.29 is 8.42 Å². The van der Waals surface area contributed by atoms with Crippen LogP contribution in [-0.4, -0.2) is 23.7 Å². The lowest BCUT2D eigenvalue weighted by molar-refractivity contribution is 0.576. The number of aromatic nitrogens is 2. The van der Waals surface area contributed by atoms with E-state index in [-0.39, 0.29) is 10.9 Å².